The van der Waals surface area contributed by atoms with Crippen LogP contribution in [0.3, 0.4) is 0 Å². The fraction of sp³-hybridized carbons (Fsp3) is 0.438. The molecule has 1 fully saturated rings. The normalized spacial score (nSPS) is 17.5. The topological polar surface area (TPSA) is 80.4 Å². The first-order valence-electron chi connectivity index (χ1n) is 7.63. The lowest BCUT2D eigenvalue weighted by Crippen LogP contribution is -2.29. The van der Waals surface area contributed by atoms with Gasteiger partial charge in [-0.1, -0.05) is 0 Å². The summed E-state index contributed by atoms with van der Waals surface area (Å²) >= 11 is 0. The third-order valence-electron chi connectivity index (χ3n) is 4.01. The minimum Gasteiger partial charge on any atom is -0.466 e. The maximum Gasteiger partial charge on any atom is 0.257 e. The molecule has 0 radical (unpaired) electrons. The van der Waals surface area contributed by atoms with Gasteiger partial charge in [0.1, 0.15) is 11.5 Å². The number of carbonyl (C=O) groups is 2. The molecule has 2 aromatic heterocycles. The van der Waals surface area contributed by atoms with Gasteiger partial charge in [0.15, 0.2) is 5.82 Å². The van der Waals surface area contributed by atoms with Gasteiger partial charge in [0.25, 0.3) is 5.91 Å². The third-order valence-corrected chi connectivity index (χ3v) is 4.01. The predicted molar refractivity (Wildman–Crippen MR) is 84.3 cm³/mol. The monoisotopic (exact) mass is 316 g/mol. The molecule has 0 unspecified atom stereocenters. The molecular weight excluding hydrogens is 296 g/mol. The second-order valence-electron chi connectivity index (χ2n) is 5.88. The van der Waals surface area contributed by atoms with Gasteiger partial charge in [-0.05, 0) is 26.3 Å². The molecule has 0 bridgehead atoms. The number of anilines is 1. The summed E-state index contributed by atoms with van der Waals surface area (Å²) in [5.41, 5.74) is 0.627. The molecule has 7 nitrogen and oxygen atoms in total. The van der Waals surface area contributed by atoms with E-state index >= 15 is 0 Å². The van der Waals surface area contributed by atoms with Crippen LogP contribution in [0.25, 0.3) is 0 Å². The lowest BCUT2D eigenvalue weighted by atomic mass is 10.2. The molecule has 7 heteroatoms. The highest BCUT2D eigenvalue weighted by atomic mass is 16.3. The van der Waals surface area contributed by atoms with Crippen LogP contribution in [0.15, 0.2) is 22.7 Å². The van der Waals surface area contributed by atoms with Gasteiger partial charge in [-0.15, -0.1) is 0 Å². The Bertz CT molecular complexity index is 746. The fourth-order valence-corrected chi connectivity index (χ4v) is 2.94. The Kier molecular flexibility index (Phi) is 3.94. The number of rotatable bonds is 3. The van der Waals surface area contributed by atoms with E-state index in [0.29, 0.717) is 30.2 Å². The Morgan fingerprint density at radius 3 is 2.83 bits per heavy atom. The number of aromatic nitrogens is 2. The van der Waals surface area contributed by atoms with Crippen molar-refractivity contribution in [3.05, 3.63) is 35.4 Å². The van der Waals surface area contributed by atoms with E-state index < -0.39 is 0 Å². The zero-order valence-electron chi connectivity index (χ0n) is 13.5. The van der Waals surface area contributed by atoms with Gasteiger partial charge in [0.2, 0.25) is 5.91 Å². The van der Waals surface area contributed by atoms with Crippen molar-refractivity contribution in [1.29, 1.82) is 0 Å². The van der Waals surface area contributed by atoms with Crippen molar-refractivity contribution in [2.45, 2.75) is 33.2 Å². The lowest BCUT2D eigenvalue weighted by molar-refractivity contribution is -0.114. The second kappa shape index (κ2) is 5.91. The minimum atomic E-state index is -0.149. The summed E-state index contributed by atoms with van der Waals surface area (Å²) in [4.78, 5) is 25.5. The zero-order chi connectivity index (χ0) is 16.6. The number of carbonyl (C=O) groups excluding carboxylic acids is 2. The van der Waals surface area contributed by atoms with E-state index in [-0.39, 0.29) is 17.9 Å². The Hall–Kier alpha value is -2.57. The molecule has 1 N–H and O–H groups in total. The number of furan rings is 1. The first kappa shape index (κ1) is 15.3. The third kappa shape index (κ3) is 3.13. The molecule has 0 saturated carbocycles. The first-order chi connectivity index (χ1) is 10.9. The summed E-state index contributed by atoms with van der Waals surface area (Å²) in [6.45, 7) is 6.38. The number of nitrogens with one attached hydrogen (secondary N) is 1. The molecule has 1 saturated heterocycles. The molecule has 122 valence electrons. The standard InChI is InChI=1S/C16H20N4O3/c1-10-8-14(11(2)23-10)16(22)19-6-4-13(9-19)20-7-5-15(18-20)17-12(3)21/h5,7-8,13H,4,6,9H2,1-3H3,(H,17,18,21)/t13-/m1/s1. The largest absolute Gasteiger partial charge is 0.466 e. The van der Waals surface area contributed by atoms with Crippen LogP contribution in [0, 0.1) is 13.8 Å². The molecule has 0 aromatic carbocycles. The number of amides is 2. The zero-order valence-corrected chi connectivity index (χ0v) is 13.5. The predicted octanol–water partition coefficient (Wildman–Crippen LogP) is 2.14. The molecule has 3 heterocycles. The average molecular weight is 316 g/mol. The van der Waals surface area contributed by atoms with Gasteiger partial charge >= 0.3 is 0 Å². The maximum atomic E-state index is 12.6. The van der Waals surface area contributed by atoms with E-state index in [2.05, 4.69) is 10.4 Å². The van der Waals surface area contributed by atoms with Crippen LogP contribution in [0.1, 0.15) is 41.3 Å². The second-order valence-corrected chi connectivity index (χ2v) is 5.88. The quantitative estimate of drug-likeness (QED) is 0.940. The molecule has 3 rings (SSSR count). The highest BCUT2D eigenvalue weighted by molar-refractivity contribution is 5.95. The summed E-state index contributed by atoms with van der Waals surface area (Å²) in [6.07, 6.45) is 2.67. The SMILES string of the molecule is CC(=O)Nc1ccn([C@@H]2CCN(C(=O)c3cc(C)oc3C)C2)n1. The Balaban J connectivity index is 1.68. The Morgan fingerprint density at radius 2 is 2.17 bits per heavy atom. The van der Waals surface area contributed by atoms with Gasteiger partial charge in [0.05, 0.1) is 11.6 Å². The fourth-order valence-electron chi connectivity index (χ4n) is 2.94. The van der Waals surface area contributed by atoms with Gasteiger partial charge in [0, 0.05) is 32.3 Å². The summed E-state index contributed by atoms with van der Waals surface area (Å²) < 4.78 is 7.25. The molecule has 23 heavy (non-hydrogen) atoms. The van der Waals surface area contributed by atoms with Gasteiger partial charge in [-0.25, -0.2) is 0 Å². The molecular formula is C16H20N4O3. The van der Waals surface area contributed by atoms with Crippen molar-refractivity contribution in [1.82, 2.24) is 14.7 Å². The van der Waals surface area contributed by atoms with Crippen molar-refractivity contribution in [2.24, 2.45) is 0 Å². The molecule has 2 aromatic rings. The van der Waals surface area contributed by atoms with Gasteiger partial charge in [-0.2, -0.15) is 5.10 Å². The Labute approximate surface area is 134 Å². The smallest absolute Gasteiger partial charge is 0.257 e. The lowest BCUT2D eigenvalue weighted by Gasteiger charge is -2.16. The van der Waals surface area contributed by atoms with Gasteiger partial charge in [-0.3, -0.25) is 14.3 Å². The van der Waals surface area contributed by atoms with E-state index in [0.717, 1.165) is 12.2 Å². The molecule has 0 aliphatic carbocycles. The van der Waals surface area contributed by atoms with E-state index in [1.807, 2.05) is 22.7 Å². The average Bonchev–Trinajstić information content (AvgIpc) is 3.17. The summed E-state index contributed by atoms with van der Waals surface area (Å²) in [5, 5.41) is 7.00. The van der Waals surface area contributed by atoms with E-state index in [1.165, 1.54) is 6.92 Å². The van der Waals surface area contributed by atoms with E-state index in [4.69, 9.17) is 4.42 Å². The molecule has 2 amide bonds. The first-order valence-corrected chi connectivity index (χ1v) is 7.63. The number of nitrogens with zero attached hydrogens (tertiary/aromatic N) is 3. The maximum absolute atomic E-state index is 12.6. The van der Waals surface area contributed by atoms with Crippen LogP contribution in [0.2, 0.25) is 0 Å². The van der Waals surface area contributed by atoms with Crippen LogP contribution >= 0.6 is 0 Å². The number of likely N-dealkylation sites (tertiary alicyclic amines) is 1. The van der Waals surface area contributed by atoms with Crippen LogP contribution in [-0.2, 0) is 4.79 Å². The van der Waals surface area contributed by atoms with E-state index in [9.17, 15) is 9.59 Å². The van der Waals surface area contributed by atoms with Gasteiger partial charge < -0.3 is 14.6 Å². The van der Waals surface area contributed by atoms with Crippen LogP contribution in [0.4, 0.5) is 5.82 Å². The Morgan fingerprint density at radius 1 is 1.39 bits per heavy atom. The summed E-state index contributed by atoms with van der Waals surface area (Å²) in [7, 11) is 0. The van der Waals surface area contributed by atoms with Crippen LogP contribution < -0.4 is 5.32 Å². The van der Waals surface area contributed by atoms with Crippen molar-refractivity contribution in [3.8, 4) is 0 Å². The molecule has 1 atom stereocenters. The van der Waals surface area contributed by atoms with Crippen molar-refractivity contribution in [2.75, 3.05) is 18.4 Å². The van der Waals surface area contributed by atoms with Crippen molar-refractivity contribution >= 4 is 17.6 Å². The van der Waals surface area contributed by atoms with Crippen LogP contribution in [-0.4, -0.2) is 39.6 Å². The molecule has 1 aliphatic heterocycles. The summed E-state index contributed by atoms with van der Waals surface area (Å²) in [5.74, 6) is 1.78. The summed E-state index contributed by atoms with van der Waals surface area (Å²) in [6, 6.07) is 3.67. The number of hydrogen-bond acceptors (Lipinski definition) is 4. The number of aryl methyl sites for hydroxylation is 2. The molecule has 1 aliphatic rings. The number of hydrogen-bond donors (Lipinski definition) is 1. The van der Waals surface area contributed by atoms with Crippen molar-refractivity contribution < 1.29 is 14.0 Å². The van der Waals surface area contributed by atoms with Crippen LogP contribution in [0.5, 0.6) is 0 Å². The van der Waals surface area contributed by atoms with Crippen molar-refractivity contribution in [3.63, 3.8) is 0 Å². The highest BCUT2D eigenvalue weighted by Crippen LogP contribution is 2.25. The molecule has 0 spiro atoms. The minimum absolute atomic E-state index is 0.00362. The van der Waals surface area contributed by atoms with E-state index in [1.54, 1.807) is 19.1 Å². The highest BCUT2D eigenvalue weighted by Gasteiger charge is 2.30.